The molecule has 0 aliphatic heterocycles. The van der Waals surface area contributed by atoms with Crippen molar-refractivity contribution >= 4 is 5.82 Å². The van der Waals surface area contributed by atoms with Gasteiger partial charge in [-0.05, 0) is 37.1 Å². The van der Waals surface area contributed by atoms with Gasteiger partial charge in [0.2, 0.25) is 5.88 Å². The number of ether oxygens (including phenoxy) is 1. The van der Waals surface area contributed by atoms with E-state index in [1.807, 2.05) is 13.8 Å². The topological polar surface area (TPSA) is 96.8 Å². The molecule has 1 heterocycles. The van der Waals surface area contributed by atoms with Crippen LogP contribution in [-0.4, -0.2) is 9.97 Å². The van der Waals surface area contributed by atoms with E-state index in [-0.39, 0.29) is 0 Å². The molecule has 2 rings (SSSR count). The van der Waals surface area contributed by atoms with Crippen LogP contribution in [0.25, 0.3) is 0 Å². The molecule has 96 valence electrons. The molecular formula is C13H13N5O. The molecule has 0 saturated carbocycles. The summed E-state index contributed by atoms with van der Waals surface area (Å²) in [6.45, 7) is 3.76. The lowest BCUT2D eigenvalue weighted by molar-refractivity contribution is 0.455. The summed E-state index contributed by atoms with van der Waals surface area (Å²) in [6.07, 6.45) is 1.36. The molecule has 1 aromatic carbocycles. The van der Waals surface area contributed by atoms with Crippen LogP contribution in [0.15, 0.2) is 24.5 Å². The molecule has 0 bridgehead atoms. The van der Waals surface area contributed by atoms with Crippen LogP contribution in [0.2, 0.25) is 0 Å². The van der Waals surface area contributed by atoms with Gasteiger partial charge >= 0.3 is 0 Å². The number of nitriles is 1. The lowest BCUT2D eigenvalue weighted by atomic mass is 10.1. The molecule has 1 aromatic heterocycles. The Morgan fingerprint density at radius 3 is 2.47 bits per heavy atom. The summed E-state index contributed by atoms with van der Waals surface area (Å²) in [5.74, 6) is 6.81. The second kappa shape index (κ2) is 5.33. The van der Waals surface area contributed by atoms with E-state index in [0.717, 1.165) is 11.1 Å². The van der Waals surface area contributed by atoms with Gasteiger partial charge < -0.3 is 10.2 Å². The SMILES string of the molecule is Cc1cc(C#N)cc(C)c1Oc1cc(NN)ncn1. The number of anilines is 1. The number of nitrogens with two attached hydrogens (primary N) is 1. The summed E-state index contributed by atoms with van der Waals surface area (Å²) in [4.78, 5) is 7.92. The van der Waals surface area contributed by atoms with Gasteiger partial charge in [-0.1, -0.05) is 0 Å². The fraction of sp³-hybridized carbons (Fsp3) is 0.154. The number of hydrogen-bond acceptors (Lipinski definition) is 6. The van der Waals surface area contributed by atoms with Crippen LogP contribution in [0.4, 0.5) is 5.82 Å². The highest BCUT2D eigenvalue weighted by Crippen LogP contribution is 2.29. The van der Waals surface area contributed by atoms with Crippen molar-refractivity contribution in [2.75, 3.05) is 5.43 Å². The molecule has 0 fully saturated rings. The maximum atomic E-state index is 8.90. The first kappa shape index (κ1) is 12.8. The van der Waals surface area contributed by atoms with Gasteiger partial charge in [-0.2, -0.15) is 5.26 Å². The average Bonchev–Trinajstić information content (AvgIpc) is 2.42. The van der Waals surface area contributed by atoms with Crippen molar-refractivity contribution in [1.82, 2.24) is 9.97 Å². The highest BCUT2D eigenvalue weighted by molar-refractivity contribution is 5.49. The van der Waals surface area contributed by atoms with Crippen molar-refractivity contribution in [1.29, 1.82) is 5.26 Å². The Bertz CT molecular complexity index is 625. The molecule has 0 radical (unpaired) electrons. The Morgan fingerprint density at radius 1 is 1.21 bits per heavy atom. The van der Waals surface area contributed by atoms with Crippen LogP contribution < -0.4 is 16.0 Å². The Balaban J connectivity index is 2.36. The molecule has 0 atom stereocenters. The predicted octanol–water partition coefficient (Wildman–Crippen LogP) is 2.04. The largest absolute Gasteiger partial charge is 0.438 e. The first-order valence-corrected chi connectivity index (χ1v) is 5.62. The monoisotopic (exact) mass is 255 g/mol. The minimum absolute atomic E-state index is 0.388. The van der Waals surface area contributed by atoms with Gasteiger partial charge in [-0.3, -0.25) is 0 Å². The molecule has 0 amide bonds. The van der Waals surface area contributed by atoms with E-state index in [9.17, 15) is 0 Å². The predicted molar refractivity (Wildman–Crippen MR) is 70.5 cm³/mol. The van der Waals surface area contributed by atoms with Crippen LogP contribution in [0.5, 0.6) is 11.6 Å². The number of hydrazine groups is 1. The first-order chi connectivity index (χ1) is 9.13. The lowest BCUT2D eigenvalue weighted by Crippen LogP contribution is -2.08. The standard InChI is InChI=1S/C13H13N5O/c1-8-3-10(6-14)4-9(2)13(8)19-12-5-11(18-15)16-7-17-12/h3-5,7H,15H2,1-2H3,(H,16,17,18). The van der Waals surface area contributed by atoms with E-state index in [0.29, 0.717) is 23.0 Å². The maximum absolute atomic E-state index is 8.90. The van der Waals surface area contributed by atoms with Crippen LogP contribution in [0.3, 0.4) is 0 Å². The zero-order valence-corrected chi connectivity index (χ0v) is 10.6. The summed E-state index contributed by atoms with van der Waals surface area (Å²) < 4.78 is 5.73. The molecule has 0 unspecified atom stereocenters. The van der Waals surface area contributed by atoms with E-state index >= 15 is 0 Å². The number of benzene rings is 1. The summed E-state index contributed by atoms with van der Waals surface area (Å²) in [7, 11) is 0. The highest BCUT2D eigenvalue weighted by atomic mass is 16.5. The van der Waals surface area contributed by atoms with Crippen LogP contribution >= 0.6 is 0 Å². The molecule has 0 spiro atoms. The van der Waals surface area contributed by atoms with Crippen molar-refractivity contribution in [2.24, 2.45) is 5.84 Å². The van der Waals surface area contributed by atoms with Crippen LogP contribution in [0, 0.1) is 25.2 Å². The molecule has 0 aliphatic carbocycles. The molecule has 2 aromatic rings. The normalized spacial score (nSPS) is 9.79. The zero-order valence-electron chi connectivity index (χ0n) is 10.6. The smallest absolute Gasteiger partial charge is 0.224 e. The van der Waals surface area contributed by atoms with Gasteiger partial charge in [0, 0.05) is 6.07 Å². The van der Waals surface area contributed by atoms with Crippen molar-refractivity contribution in [2.45, 2.75) is 13.8 Å². The Morgan fingerprint density at radius 2 is 1.89 bits per heavy atom. The van der Waals surface area contributed by atoms with Gasteiger partial charge in [0.15, 0.2) is 0 Å². The first-order valence-electron chi connectivity index (χ1n) is 5.62. The third kappa shape index (κ3) is 2.78. The van der Waals surface area contributed by atoms with Crippen molar-refractivity contribution < 1.29 is 4.74 Å². The van der Waals surface area contributed by atoms with Gasteiger partial charge in [-0.15, -0.1) is 0 Å². The van der Waals surface area contributed by atoms with Gasteiger partial charge in [-0.25, -0.2) is 15.8 Å². The molecule has 6 nitrogen and oxygen atoms in total. The van der Waals surface area contributed by atoms with Gasteiger partial charge in [0.05, 0.1) is 11.6 Å². The zero-order chi connectivity index (χ0) is 13.8. The summed E-state index contributed by atoms with van der Waals surface area (Å²) in [6, 6.07) is 7.24. The van der Waals surface area contributed by atoms with E-state index < -0.39 is 0 Å². The van der Waals surface area contributed by atoms with Crippen molar-refractivity contribution in [3.63, 3.8) is 0 Å². The highest BCUT2D eigenvalue weighted by Gasteiger charge is 2.09. The van der Waals surface area contributed by atoms with E-state index in [2.05, 4.69) is 21.5 Å². The number of nitrogen functional groups attached to an aromatic ring is 1. The fourth-order valence-corrected chi connectivity index (χ4v) is 1.75. The number of aryl methyl sites for hydroxylation is 2. The number of nitrogens with zero attached hydrogens (tertiary/aromatic N) is 3. The molecule has 0 aliphatic rings. The van der Waals surface area contributed by atoms with Gasteiger partial charge in [0.25, 0.3) is 0 Å². The number of rotatable bonds is 3. The van der Waals surface area contributed by atoms with Crippen molar-refractivity contribution in [3.8, 4) is 17.7 Å². The van der Waals surface area contributed by atoms with E-state index in [1.54, 1.807) is 18.2 Å². The molecule has 19 heavy (non-hydrogen) atoms. The quantitative estimate of drug-likeness (QED) is 0.643. The molecule has 6 heteroatoms. The maximum Gasteiger partial charge on any atom is 0.224 e. The number of nitrogens with one attached hydrogen (secondary N) is 1. The third-order valence-corrected chi connectivity index (χ3v) is 2.59. The summed E-state index contributed by atoms with van der Waals surface area (Å²) >= 11 is 0. The van der Waals surface area contributed by atoms with E-state index in [1.165, 1.54) is 6.33 Å². The van der Waals surface area contributed by atoms with Crippen LogP contribution in [0.1, 0.15) is 16.7 Å². The van der Waals surface area contributed by atoms with Crippen LogP contribution in [-0.2, 0) is 0 Å². The molecule has 3 N–H and O–H groups in total. The van der Waals surface area contributed by atoms with E-state index in [4.69, 9.17) is 15.8 Å². The van der Waals surface area contributed by atoms with Crippen molar-refractivity contribution in [3.05, 3.63) is 41.2 Å². The number of hydrogen-bond donors (Lipinski definition) is 2. The third-order valence-electron chi connectivity index (χ3n) is 2.59. The Labute approximate surface area is 110 Å². The summed E-state index contributed by atoms with van der Waals surface area (Å²) in [5, 5.41) is 8.90. The number of aromatic nitrogens is 2. The molecule has 0 saturated heterocycles. The average molecular weight is 255 g/mol. The second-order valence-corrected chi connectivity index (χ2v) is 4.04. The minimum Gasteiger partial charge on any atom is -0.438 e. The lowest BCUT2D eigenvalue weighted by Gasteiger charge is -2.11. The second-order valence-electron chi connectivity index (χ2n) is 4.04. The Kier molecular flexibility index (Phi) is 3.59. The minimum atomic E-state index is 0.388. The Hall–Kier alpha value is -2.65. The molecular weight excluding hydrogens is 242 g/mol. The summed E-state index contributed by atoms with van der Waals surface area (Å²) in [5.41, 5.74) is 4.78. The van der Waals surface area contributed by atoms with Gasteiger partial charge in [0.1, 0.15) is 17.9 Å². The fourth-order valence-electron chi connectivity index (χ4n) is 1.75.